The first-order valence-electron chi connectivity index (χ1n) is 8.82. The number of benzene rings is 1. The van der Waals surface area contributed by atoms with Gasteiger partial charge in [-0.1, -0.05) is 18.6 Å². The summed E-state index contributed by atoms with van der Waals surface area (Å²) in [5, 5.41) is 18.9. The number of carbonyl (C=O) groups is 1. The molecular formula is C18H18N4O4S2. The topological polar surface area (TPSA) is 114 Å². The molecule has 8 nitrogen and oxygen atoms in total. The van der Waals surface area contributed by atoms with E-state index < -0.39 is 16.0 Å². The van der Waals surface area contributed by atoms with Crippen LogP contribution in [0, 0.1) is 0 Å². The van der Waals surface area contributed by atoms with Gasteiger partial charge >= 0.3 is 5.97 Å². The molecule has 0 amide bonds. The maximum absolute atomic E-state index is 12.8. The van der Waals surface area contributed by atoms with Gasteiger partial charge in [0.25, 0.3) is 10.0 Å². The van der Waals surface area contributed by atoms with E-state index in [-0.39, 0.29) is 9.77 Å². The van der Waals surface area contributed by atoms with Gasteiger partial charge in [-0.25, -0.2) is 13.2 Å². The van der Waals surface area contributed by atoms with Crippen molar-refractivity contribution in [1.82, 2.24) is 14.8 Å². The van der Waals surface area contributed by atoms with Crippen molar-refractivity contribution in [2.45, 2.75) is 36.4 Å². The van der Waals surface area contributed by atoms with Gasteiger partial charge in [0, 0.05) is 23.9 Å². The zero-order valence-electron chi connectivity index (χ0n) is 14.8. The van der Waals surface area contributed by atoms with E-state index in [1.54, 1.807) is 18.2 Å². The highest BCUT2D eigenvalue weighted by Gasteiger charge is 2.23. The summed E-state index contributed by atoms with van der Waals surface area (Å²) in [6.45, 7) is 0.797. The molecule has 1 aromatic carbocycles. The Morgan fingerprint density at radius 1 is 1.18 bits per heavy atom. The van der Waals surface area contributed by atoms with Crippen LogP contribution in [0.15, 0.2) is 39.9 Å². The van der Waals surface area contributed by atoms with Gasteiger partial charge in [0.15, 0.2) is 5.82 Å². The molecule has 3 heterocycles. The lowest BCUT2D eigenvalue weighted by atomic mass is 10.1. The third kappa shape index (κ3) is 3.52. The number of hydrogen-bond donors (Lipinski definition) is 2. The van der Waals surface area contributed by atoms with Crippen LogP contribution in [0.1, 0.15) is 35.4 Å². The van der Waals surface area contributed by atoms with Crippen LogP contribution in [0.5, 0.6) is 0 Å². The molecular weight excluding hydrogens is 400 g/mol. The first-order chi connectivity index (χ1) is 13.5. The number of fused-ring (bicyclic) bond motifs is 1. The molecule has 0 bridgehead atoms. The summed E-state index contributed by atoms with van der Waals surface area (Å²) in [6, 6.07) is 8.17. The predicted octanol–water partition coefficient (Wildman–Crippen LogP) is 3.23. The van der Waals surface area contributed by atoms with E-state index in [2.05, 4.69) is 14.9 Å². The molecule has 3 aromatic rings. The Morgan fingerprint density at radius 2 is 2.00 bits per heavy atom. The van der Waals surface area contributed by atoms with Crippen molar-refractivity contribution < 1.29 is 18.3 Å². The highest BCUT2D eigenvalue weighted by molar-refractivity contribution is 7.94. The largest absolute Gasteiger partial charge is 0.478 e. The maximum atomic E-state index is 12.8. The van der Waals surface area contributed by atoms with Crippen LogP contribution in [0.2, 0.25) is 0 Å². The second-order valence-electron chi connectivity index (χ2n) is 6.51. The van der Waals surface area contributed by atoms with Gasteiger partial charge in [-0.15, -0.1) is 21.5 Å². The number of hydrogen-bond acceptors (Lipinski definition) is 6. The lowest BCUT2D eigenvalue weighted by Gasteiger charge is -2.13. The molecule has 146 valence electrons. The molecule has 4 rings (SSSR count). The monoisotopic (exact) mass is 418 g/mol. The molecule has 0 saturated heterocycles. The van der Waals surface area contributed by atoms with Crippen LogP contribution >= 0.6 is 11.3 Å². The molecule has 0 saturated carbocycles. The summed E-state index contributed by atoms with van der Waals surface area (Å²) in [5.41, 5.74) is 0.968. The zero-order valence-corrected chi connectivity index (χ0v) is 16.5. The lowest BCUT2D eigenvalue weighted by Crippen LogP contribution is -2.13. The van der Waals surface area contributed by atoms with E-state index in [0.29, 0.717) is 17.1 Å². The standard InChI is InChI=1S/C18H18N4O4S2/c23-18(24)12-10-16(27-11-12)28(25,26)21-14-7-4-3-6-13(14)17-20-19-15-8-2-1-5-9-22(15)17/h3-4,6-7,10-11,21H,1-2,5,8-9H2,(H,23,24). The van der Waals surface area contributed by atoms with Crippen LogP contribution in [0.25, 0.3) is 11.4 Å². The van der Waals surface area contributed by atoms with E-state index in [4.69, 9.17) is 5.11 Å². The number of nitrogens with zero attached hydrogens (tertiary/aromatic N) is 3. The average molecular weight is 419 g/mol. The van der Waals surface area contributed by atoms with Gasteiger partial charge in [0.05, 0.1) is 11.3 Å². The second-order valence-corrected chi connectivity index (χ2v) is 9.33. The number of carboxylic acid groups (broad SMARTS) is 1. The average Bonchev–Trinajstić information content (AvgIpc) is 3.25. The summed E-state index contributed by atoms with van der Waals surface area (Å²) in [4.78, 5) is 11.0. The number of sulfonamides is 1. The van der Waals surface area contributed by atoms with Crippen molar-refractivity contribution in [3.05, 3.63) is 47.1 Å². The molecule has 0 atom stereocenters. The van der Waals surface area contributed by atoms with Crippen LogP contribution in [-0.4, -0.2) is 34.3 Å². The SMILES string of the molecule is O=C(O)c1csc(S(=O)(=O)Nc2ccccc2-c2nnc3n2CCCCC3)c1. The number of aromatic nitrogens is 3. The van der Waals surface area contributed by atoms with Gasteiger partial charge in [-0.05, 0) is 31.0 Å². The molecule has 1 aliphatic rings. The van der Waals surface area contributed by atoms with Crippen molar-refractivity contribution in [2.75, 3.05) is 4.72 Å². The minimum absolute atomic E-state index is 0.0542. The van der Waals surface area contributed by atoms with Gasteiger partial charge in [0.2, 0.25) is 0 Å². The highest BCUT2D eigenvalue weighted by Crippen LogP contribution is 2.31. The van der Waals surface area contributed by atoms with Gasteiger partial charge in [0.1, 0.15) is 10.0 Å². The number of para-hydroxylation sites is 1. The first kappa shape index (κ1) is 18.6. The summed E-state index contributed by atoms with van der Waals surface area (Å²) >= 11 is 0.869. The zero-order chi connectivity index (χ0) is 19.7. The van der Waals surface area contributed by atoms with E-state index >= 15 is 0 Å². The first-order valence-corrected chi connectivity index (χ1v) is 11.2. The Kier molecular flexibility index (Phi) is 4.90. The second kappa shape index (κ2) is 7.36. The Hall–Kier alpha value is -2.72. The molecule has 0 spiro atoms. The van der Waals surface area contributed by atoms with Crippen molar-refractivity contribution in [2.24, 2.45) is 0 Å². The third-order valence-electron chi connectivity index (χ3n) is 4.61. The molecule has 0 aliphatic carbocycles. The van der Waals surface area contributed by atoms with Crippen LogP contribution in [0.4, 0.5) is 5.69 Å². The van der Waals surface area contributed by atoms with Gasteiger partial charge < -0.3 is 9.67 Å². The van der Waals surface area contributed by atoms with Gasteiger partial charge in [-0.3, -0.25) is 4.72 Å². The minimum atomic E-state index is -3.92. The molecule has 0 radical (unpaired) electrons. The summed E-state index contributed by atoms with van der Waals surface area (Å²) in [7, 11) is -3.92. The predicted molar refractivity (Wildman–Crippen MR) is 105 cm³/mol. The van der Waals surface area contributed by atoms with Gasteiger partial charge in [-0.2, -0.15) is 0 Å². The molecule has 10 heteroatoms. The van der Waals surface area contributed by atoms with Crippen LogP contribution < -0.4 is 4.72 Å². The fourth-order valence-corrected chi connectivity index (χ4v) is 5.45. The van der Waals surface area contributed by atoms with E-state index in [1.807, 2.05) is 10.6 Å². The fraction of sp³-hybridized carbons (Fsp3) is 0.278. The van der Waals surface area contributed by atoms with E-state index in [9.17, 15) is 13.2 Å². The van der Waals surface area contributed by atoms with E-state index in [1.165, 1.54) is 5.38 Å². The molecule has 2 N–H and O–H groups in total. The Labute approximate surface area is 165 Å². The summed E-state index contributed by atoms with van der Waals surface area (Å²) < 4.78 is 30.1. The molecule has 0 fully saturated rings. The summed E-state index contributed by atoms with van der Waals surface area (Å²) in [6.07, 6.45) is 4.07. The Bertz CT molecular complexity index is 1130. The number of nitrogens with one attached hydrogen (secondary N) is 1. The van der Waals surface area contributed by atoms with Crippen LogP contribution in [-0.2, 0) is 23.0 Å². The minimum Gasteiger partial charge on any atom is -0.478 e. The normalized spacial score (nSPS) is 14.3. The highest BCUT2D eigenvalue weighted by atomic mass is 32.2. The number of aryl methyl sites for hydroxylation is 1. The molecule has 28 heavy (non-hydrogen) atoms. The Morgan fingerprint density at radius 3 is 2.79 bits per heavy atom. The number of carboxylic acids is 1. The number of rotatable bonds is 5. The smallest absolute Gasteiger partial charge is 0.336 e. The quantitative estimate of drug-likeness (QED) is 0.657. The van der Waals surface area contributed by atoms with Crippen molar-refractivity contribution in [3.8, 4) is 11.4 Å². The number of thiophene rings is 1. The lowest BCUT2D eigenvalue weighted by molar-refractivity contribution is 0.0697. The van der Waals surface area contributed by atoms with Crippen LogP contribution in [0.3, 0.4) is 0 Å². The number of anilines is 1. The summed E-state index contributed by atoms with van der Waals surface area (Å²) in [5.74, 6) is 0.381. The molecule has 1 aliphatic heterocycles. The van der Waals surface area contributed by atoms with Crippen molar-refractivity contribution in [3.63, 3.8) is 0 Å². The molecule has 2 aromatic heterocycles. The van der Waals surface area contributed by atoms with E-state index in [0.717, 1.165) is 55.5 Å². The fourth-order valence-electron chi connectivity index (χ4n) is 3.22. The molecule has 0 unspecified atom stereocenters. The maximum Gasteiger partial charge on any atom is 0.336 e. The third-order valence-corrected chi connectivity index (χ3v) is 7.41. The Balaban J connectivity index is 1.71. The van der Waals surface area contributed by atoms with Crippen molar-refractivity contribution >= 4 is 33.0 Å². The van der Waals surface area contributed by atoms with Crippen molar-refractivity contribution in [1.29, 1.82) is 0 Å². The number of aromatic carboxylic acids is 1.